The lowest BCUT2D eigenvalue weighted by atomic mass is 10.2. The third-order valence-electron chi connectivity index (χ3n) is 1.07. The summed E-state index contributed by atoms with van der Waals surface area (Å²) in [5, 5.41) is 8.46. The van der Waals surface area contributed by atoms with Crippen LogP contribution in [-0.4, -0.2) is 17.7 Å². The lowest BCUT2D eigenvalue weighted by molar-refractivity contribution is -0.138. The van der Waals surface area contributed by atoms with Crippen LogP contribution in [0.25, 0.3) is 0 Å². The zero-order chi connectivity index (χ0) is 7.98. The van der Waals surface area contributed by atoms with Gasteiger partial charge in [-0.1, -0.05) is 6.92 Å². The van der Waals surface area contributed by atoms with E-state index in [0.717, 1.165) is 6.26 Å². The predicted molar refractivity (Wildman–Crippen MR) is 37.6 cm³/mol. The summed E-state index contributed by atoms with van der Waals surface area (Å²) < 4.78 is 4.62. The minimum Gasteiger partial charge on any atom is -0.515 e. The molecule has 0 saturated carbocycles. The first-order valence-electron chi connectivity index (χ1n) is 3.26. The van der Waals surface area contributed by atoms with E-state index in [0.29, 0.717) is 18.6 Å². The van der Waals surface area contributed by atoms with Crippen LogP contribution in [0.2, 0.25) is 0 Å². The highest BCUT2D eigenvalue weighted by molar-refractivity contribution is 5.87. The monoisotopic (exact) mass is 144 g/mol. The fraction of sp³-hybridized carbons (Fsp3) is 0.571. The number of carbonyl (C=O) groups is 1. The van der Waals surface area contributed by atoms with Crippen molar-refractivity contribution >= 4 is 5.97 Å². The molecule has 58 valence electrons. The number of aliphatic hydroxyl groups excluding tert-OH is 1. The first-order valence-corrected chi connectivity index (χ1v) is 3.26. The smallest absolute Gasteiger partial charge is 0.337 e. The summed E-state index contributed by atoms with van der Waals surface area (Å²) in [4.78, 5) is 10.8. The van der Waals surface area contributed by atoms with Crippen molar-refractivity contribution in [1.29, 1.82) is 0 Å². The van der Waals surface area contributed by atoms with Crippen molar-refractivity contribution in [2.24, 2.45) is 0 Å². The Balaban J connectivity index is 3.91. The minimum atomic E-state index is -0.437. The summed E-state index contributed by atoms with van der Waals surface area (Å²) in [6.45, 7) is 3.84. The van der Waals surface area contributed by atoms with Crippen LogP contribution >= 0.6 is 0 Å². The summed E-state index contributed by atoms with van der Waals surface area (Å²) in [6, 6.07) is 0. The SMILES string of the molecule is CCOC(=O)/C(=C\O)CC. The summed E-state index contributed by atoms with van der Waals surface area (Å²) in [5.41, 5.74) is 0.307. The number of aliphatic hydroxyl groups is 1. The van der Waals surface area contributed by atoms with Crippen LogP contribution in [0, 0.1) is 0 Å². The summed E-state index contributed by atoms with van der Waals surface area (Å²) in [5.74, 6) is -0.437. The molecule has 3 nitrogen and oxygen atoms in total. The minimum absolute atomic E-state index is 0.307. The fourth-order valence-corrected chi connectivity index (χ4v) is 0.512. The Morgan fingerprint density at radius 2 is 2.20 bits per heavy atom. The van der Waals surface area contributed by atoms with Crippen LogP contribution in [0.4, 0.5) is 0 Å². The molecule has 0 radical (unpaired) electrons. The lowest BCUT2D eigenvalue weighted by Crippen LogP contribution is -2.06. The van der Waals surface area contributed by atoms with Gasteiger partial charge in [-0.05, 0) is 13.3 Å². The molecule has 0 rings (SSSR count). The first-order chi connectivity index (χ1) is 4.76. The molecule has 0 aromatic carbocycles. The molecule has 0 heterocycles. The van der Waals surface area contributed by atoms with Crippen LogP contribution in [0.5, 0.6) is 0 Å². The predicted octanol–water partition coefficient (Wildman–Crippen LogP) is 1.40. The Bertz CT molecular complexity index is 138. The average molecular weight is 144 g/mol. The highest BCUT2D eigenvalue weighted by atomic mass is 16.5. The molecule has 0 fully saturated rings. The topological polar surface area (TPSA) is 46.5 Å². The maximum atomic E-state index is 10.8. The highest BCUT2D eigenvalue weighted by Crippen LogP contribution is 2.01. The van der Waals surface area contributed by atoms with Crippen LogP contribution in [0.1, 0.15) is 20.3 Å². The highest BCUT2D eigenvalue weighted by Gasteiger charge is 2.06. The average Bonchev–Trinajstić information content (AvgIpc) is 1.91. The molecule has 0 spiro atoms. The molecular formula is C7H12O3. The number of hydrogen-bond acceptors (Lipinski definition) is 3. The van der Waals surface area contributed by atoms with Gasteiger partial charge in [0.05, 0.1) is 18.4 Å². The van der Waals surface area contributed by atoms with Gasteiger partial charge in [0, 0.05) is 0 Å². The number of esters is 1. The quantitative estimate of drug-likeness (QED) is 0.370. The fourth-order valence-electron chi connectivity index (χ4n) is 0.512. The molecule has 0 unspecified atom stereocenters. The molecule has 0 aromatic rings. The van der Waals surface area contributed by atoms with E-state index in [1.807, 2.05) is 0 Å². The van der Waals surface area contributed by atoms with Gasteiger partial charge in [-0.15, -0.1) is 0 Å². The second-order valence-electron chi connectivity index (χ2n) is 1.73. The van der Waals surface area contributed by atoms with Crippen molar-refractivity contribution in [3.63, 3.8) is 0 Å². The van der Waals surface area contributed by atoms with Crippen molar-refractivity contribution < 1.29 is 14.6 Å². The van der Waals surface area contributed by atoms with Gasteiger partial charge in [-0.2, -0.15) is 0 Å². The molecule has 0 aliphatic rings. The number of ether oxygens (including phenoxy) is 1. The Morgan fingerprint density at radius 3 is 2.50 bits per heavy atom. The standard InChI is InChI=1S/C7H12O3/c1-3-6(5-8)7(9)10-4-2/h5,8H,3-4H2,1-2H3/b6-5-. The normalized spacial score (nSPS) is 11.2. The van der Waals surface area contributed by atoms with Crippen molar-refractivity contribution in [3.05, 3.63) is 11.8 Å². The van der Waals surface area contributed by atoms with Crippen LogP contribution in [0.3, 0.4) is 0 Å². The van der Waals surface area contributed by atoms with Gasteiger partial charge in [0.1, 0.15) is 0 Å². The van der Waals surface area contributed by atoms with E-state index in [1.165, 1.54) is 0 Å². The zero-order valence-electron chi connectivity index (χ0n) is 6.26. The van der Waals surface area contributed by atoms with Crippen molar-refractivity contribution in [2.45, 2.75) is 20.3 Å². The van der Waals surface area contributed by atoms with Gasteiger partial charge < -0.3 is 9.84 Å². The second kappa shape index (κ2) is 4.85. The van der Waals surface area contributed by atoms with Gasteiger partial charge in [-0.3, -0.25) is 0 Å². The van der Waals surface area contributed by atoms with Gasteiger partial charge in [0.15, 0.2) is 0 Å². The molecule has 0 bridgehead atoms. The third-order valence-corrected chi connectivity index (χ3v) is 1.07. The molecule has 0 atom stereocenters. The van der Waals surface area contributed by atoms with Crippen molar-refractivity contribution in [2.75, 3.05) is 6.61 Å². The molecule has 0 aromatic heterocycles. The molecule has 0 amide bonds. The molecule has 1 N–H and O–H groups in total. The molecule has 3 heteroatoms. The molecule has 0 aliphatic carbocycles. The van der Waals surface area contributed by atoms with Gasteiger partial charge in [0.2, 0.25) is 0 Å². The van der Waals surface area contributed by atoms with E-state index in [2.05, 4.69) is 4.74 Å². The molecule has 0 aliphatic heterocycles. The van der Waals surface area contributed by atoms with E-state index in [4.69, 9.17) is 5.11 Å². The molecule has 0 saturated heterocycles. The maximum absolute atomic E-state index is 10.8. The summed E-state index contributed by atoms with van der Waals surface area (Å²) in [6.07, 6.45) is 1.29. The molecule has 10 heavy (non-hydrogen) atoms. The Hall–Kier alpha value is -0.990. The zero-order valence-corrected chi connectivity index (χ0v) is 6.26. The van der Waals surface area contributed by atoms with Crippen molar-refractivity contribution in [1.82, 2.24) is 0 Å². The number of rotatable bonds is 3. The Labute approximate surface area is 60.3 Å². The first kappa shape index (κ1) is 9.01. The largest absolute Gasteiger partial charge is 0.515 e. The summed E-state index contributed by atoms with van der Waals surface area (Å²) in [7, 11) is 0. The maximum Gasteiger partial charge on any atom is 0.337 e. The summed E-state index contributed by atoms with van der Waals surface area (Å²) >= 11 is 0. The molecular weight excluding hydrogens is 132 g/mol. The van der Waals surface area contributed by atoms with Gasteiger partial charge >= 0.3 is 5.97 Å². The van der Waals surface area contributed by atoms with Gasteiger partial charge in [0.25, 0.3) is 0 Å². The third kappa shape index (κ3) is 2.53. The lowest BCUT2D eigenvalue weighted by Gasteiger charge is -2.00. The Morgan fingerprint density at radius 1 is 1.60 bits per heavy atom. The second-order valence-corrected chi connectivity index (χ2v) is 1.73. The van der Waals surface area contributed by atoms with E-state index in [9.17, 15) is 4.79 Å². The number of carbonyl (C=O) groups excluding carboxylic acids is 1. The number of hydrogen-bond donors (Lipinski definition) is 1. The van der Waals surface area contributed by atoms with Crippen molar-refractivity contribution in [3.8, 4) is 0 Å². The van der Waals surface area contributed by atoms with Crippen LogP contribution in [-0.2, 0) is 9.53 Å². The van der Waals surface area contributed by atoms with E-state index in [-0.39, 0.29) is 0 Å². The van der Waals surface area contributed by atoms with Gasteiger partial charge in [-0.25, -0.2) is 4.79 Å². The Kier molecular flexibility index (Phi) is 4.37. The van der Waals surface area contributed by atoms with Crippen LogP contribution < -0.4 is 0 Å². The van der Waals surface area contributed by atoms with E-state index < -0.39 is 5.97 Å². The van der Waals surface area contributed by atoms with Crippen LogP contribution in [0.15, 0.2) is 11.8 Å². The van der Waals surface area contributed by atoms with E-state index >= 15 is 0 Å². The van der Waals surface area contributed by atoms with E-state index in [1.54, 1.807) is 13.8 Å².